The van der Waals surface area contributed by atoms with Gasteiger partial charge in [-0.15, -0.1) is 11.3 Å². The molecular weight excluding hydrogens is 402 g/mol. The molecule has 0 aliphatic heterocycles. The van der Waals surface area contributed by atoms with Crippen LogP contribution in [0.2, 0.25) is 0 Å². The number of nitrogens with one attached hydrogen (secondary N) is 2. The van der Waals surface area contributed by atoms with Crippen molar-refractivity contribution in [1.29, 1.82) is 0 Å². The number of aryl methyl sites for hydroxylation is 2. The number of thiophene rings is 1. The van der Waals surface area contributed by atoms with Crippen LogP contribution in [-0.4, -0.2) is 32.7 Å². The molecule has 4 heterocycles. The molecule has 2 N–H and O–H groups in total. The Morgan fingerprint density at radius 1 is 1.32 bits per heavy atom. The van der Waals surface area contributed by atoms with E-state index < -0.39 is 0 Å². The van der Waals surface area contributed by atoms with Crippen LogP contribution in [0.25, 0.3) is 27.1 Å². The number of hydrogen-bond acceptors (Lipinski definition) is 4. The third-order valence-corrected chi connectivity index (χ3v) is 8.41. The van der Waals surface area contributed by atoms with Crippen LogP contribution >= 0.6 is 11.3 Å². The van der Waals surface area contributed by atoms with E-state index in [2.05, 4.69) is 74.2 Å². The number of rotatable bonds is 6. The van der Waals surface area contributed by atoms with Gasteiger partial charge in [-0.25, -0.2) is 9.50 Å². The molecule has 5 rings (SSSR count). The highest BCUT2D eigenvalue weighted by Crippen LogP contribution is 2.55. The fourth-order valence-electron chi connectivity index (χ4n) is 5.56. The summed E-state index contributed by atoms with van der Waals surface area (Å²) in [5, 5.41) is 9.37. The van der Waals surface area contributed by atoms with Crippen molar-refractivity contribution < 1.29 is 0 Å². The van der Waals surface area contributed by atoms with E-state index in [1.165, 1.54) is 45.4 Å². The molecule has 164 valence electrons. The summed E-state index contributed by atoms with van der Waals surface area (Å²) < 4.78 is 1.89. The van der Waals surface area contributed by atoms with Crippen LogP contribution in [0.5, 0.6) is 0 Å². The number of fused-ring (bicyclic) bond motifs is 2. The molecule has 1 saturated carbocycles. The molecule has 0 aromatic carbocycles. The Bertz CT molecular complexity index is 1250. The summed E-state index contributed by atoms with van der Waals surface area (Å²) in [6, 6.07) is 2.24. The normalized spacial score (nSPS) is 21.5. The minimum absolute atomic E-state index is 0.442. The highest BCUT2D eigenvalue weighted by Gasteiger charge is 2.42. The second-order valence-electron chi connectivity index (χ2n) is 10.00. The number of H-pyrrole nitrogens is 1. The van der Waals surface area contributed by atoms with Crippen LogP contribution in [0, 0.1) is 19.3 Å². The Morgan fingerprint density at radius 3 is 2.81 bits per heavy atom. The van der Waals surface area contributed by atoms with Crippen LogP contribution in [-0.2, 0) is 0 Å². The number of aromatic amines is 1. The molecule has 4 aromatic heterocycles. The first-order chi connectivity index (χ1) is 14.8. The van der Waals surface area contributed by atoms with Crippen molar-refractivity contribution in [3.63, 3.8) is 0 Å². The second kappa shape index (κ2) is 7.45. The zero-order valence-corrected chi connectivity index (χ0v) is 20.3. The SMILES string of the molecule is CCNC[C@]1(C)C[C@@H](c2sc3[nH]c(-c4cc(C)c5ncnn5c4)c(C(C)C)c3c2C)C1. The highest BCUT2D eigenvalue weighted by atomic mass is 32.1. The molecule has 0 unspecified atom stereocenters. The Morgan fingerprint density at radius 2 is 2.10 bits per heavy atom. The summed E-state index contributed by atoms with van der Waals surface area (Å²) in [6.45, 7) is 15.9. The highest BCUT2D eigenvalue weighted by molar-refractivity contribution is 7.19. The summed E-state index contributed by atoms with van der Waals surface area (Å²) in [4.78, 5) is 11.1. The van der Waals surface area contributed by atoms with Crippen LogP contribution < -0.4 is 5.32 Å². The molecule has 1 fully saturated rings. The second-order valence-corrected chi connectivity index (χ2v) is 11.1. The van der Waals surface area contributed by atoms with Crippen LogP contribution in [0.1, 0.15) is 73.9 Å². The van der Waals surface area contributed by atoms with Crippen molar-refractivity contribution in [1.82, 2.24) is 24.9 Å². The third-order valence-electron chi connectivity index (χ3n) is 7.04. The molecular formula is C25H33N5S. The minimum atomic E-state index is 0.442. The Balaban J connectivity index is 1.55. The van der Waals surface area contributed by atoms with E-state index in [1.54, 1.807) is 11.2 Å². The largest absolute Gasteiger partial charge is 0.346 e. The van der Waals surface area contributed by atoms with Gasteiger partial charge in [0, 0.05) is 28.6 Å². The zero-order chi connectivity index (χ0) is 21.9. The van der Waals surface area contributed by atoms with Gasteiger partial charge in [0.15, 0.2) is 5.65 Å². The van der Waals surface area contributed by atoms with Crippen molar-refractivity contribution >= 4 is 27.2 Å². The first-order valence-corrected chi connectivity index (χ1v) is 12.3. The summed E-state index contributed by atoms with van der Waals surface area (Å²) in [6.07, 6.45) is 6.30. The standard InChI is InChI=1S/C25H33N5S/c1-7-26-12-25(6)9-18(10-25)22-16(5)20-19(14(2)3)21(29-24(20)31-22)17-8-15(4)23-27-13-28-30(23)11-17/h8,11,13-14,18,26,29H,7,9-10,12H2,1-6H3/t18-,25-. The average molecular weight is 436 g/mol. The van der Waals surface area contributed by atoms with Gasteiger partial charge in [0.2, 0.25) is 0 Å². The fraction of sp³-hybridized carbons (Fsp3) is 0.520. The third kappa shape index (κ3) is 3.31. The van der Waals surface area contributed by atoms with Gasteiger partial charge in [-0.2, -0.15) is 5.10 Å². The molecule has 1 aliphatic rings. The van der Waals surface area contributed by atoms with Gasteiger partial charge >= 0.3 is 0 Å². The van der Waals surface area contributed by atoms with E-state index >= 15 is 0 Å². The van der Waals surface area contributed by atoms with Crippen molar-refractivity contribution in [2.24, 2.45) is 5.41 Å². The van der Waals surface area contributed by atoms with Gasteiger partial charge in [-0.1, -0.05) is 27.7 Å². The predicted octanol–water partition coefficient (Wildman–Crippen LogP) is 6.17. The van der Waals surface area contributed by atoms with Crippen molar-refractivity contribution in [3.05, 3.63) is 40.2 Å². The molecule has 0 radical (unpaired) electrons. The quantitative estimate of drug-likeness (QED) is 0.381. The number of aromatic nitrogens is 4. The summed E-state index contributed by atoms with van der Waals surface area (Å²) in [5.74, 6) is 1.14. The molecule has 0 amide bonds. The monoisotopic (exact) mass is 435 g/mol. The summed E-state index contributed by atoms with van der Waals surface area (Å²) >= 11 is 1.98. The van der Waals surface area contributed by atoms with E-state index in [9.17, 15) is 0 Å². The first kappa shape index (κ1) is 20.7. The maximum absolute atomic E-state index is 4.38. The molecule has 0 spiro atoms. The lowest BCUT2D eigenvalue weighted by molar-refractivity contribution is 0.126. The predicted molar refractivity (Wildman–Crippen MR) is 130 cm³/mol. The zero-order valence-electron chi connectivity index (χ0n) is 19.5. The topological polar surface area (TPSA) is 58.0 Å². The summed E-state index contributed by atoms with van der Waals surface area (Å²) in [7, 11) is 0. The molecule has 31 heavy (non-hydrogen) atoms. The molecule has 0 atom stereocenters. The van der Waals surface area contributed by atoms with Crippen molar-refractivity contribution in [2.45, 2.75) is 66.2 Å². The maximum Gasteiger partial charge on any atom is 0.158 e. The lowest BCUT2D eigenvalue weighted by Crippen LogP contribution is -2.41. The van der Waals surface area contributed by atoms with Crippen molar-refractivity contribution in [2.75, 3.05) is 13.1 Å². The number of nitrogens with zero attached hydrogens (tertiary/aromatic N) is 3. The van der Waals surface area contributed by atoms with Gasteiger partial charge in [-0.3, -0.25) is 0 Å². The Hall–Kier alpha value is -2.18. The molecule has 0 saturated heterocycles. The van der Waals surface area contributed by atoms with Crippen molar-refractivity contribution in [3.8, 4) is 11.3 Å². The van der Waals surface area contributed by atoms with Gasteiger partial charge < -0.3 is 10.3 Å². The van der Waals surface area contributed by atoms with E-state index in [0.717, 1.165) is 24.3 Å². The van der Waals surface area contributed by atoms with Gasteiger partial charge in [0.25, 0.3) is 0 Å². The van der Waals surface area contributed by atoms with Crippen LogP contribution in [0.3, 0.4) is 0 Å². The summed E-state index contributed by atoms with van der Waals surface area (Å²) in [5.41, 5.74) is 7.86. The molecule has 0 bridgehead atoms. The molecule has 6 heteroatoms. The molecule has 1 aliphatic carbocycles. The van der Waals surface area contributed by atoms with E-state index in [4.69, 9.17) is 0 Å². The average Bonchev–Trinajstić information content (AvgIpc) is 3.39. The van der Waals surface area contributed by atoms with Gasteiger partial charge in [0.1, 0.15) is 11.2 Å². The smallest absolute Gasteiger partial charge is 0.158 e. The molecule has 5 nitrogen and oxygen atoms in total. The Kier molecular flexibility index (Phi) is 4.98. The van der Waals surface area contributed by atoms with Gasteiger partial charge in [0.05, 0.1) is 5.69 Å². The lowest BCUT2D eigenvalue weighted by atomic mass is 9.62. The number of hydrogen-bond donors (Lipinski definition) is 2. The molecule has 4 aromatic rings. The van der Waals surface area contributed by atoms with Crippen LogP contribution in [0.15, 0.2) is 18.6 Å². The van der Waals surface area contributed by atoms with E-state index in [1.807, 2.05) is 15.9 Å². The fourth-order valence-corrected chi connectivity index (χ4v) is 6.89. The maximum atomic E-state index is 4.38. The van der Waals surface area contributed by atoms with E-state index in [-0.39, 0.29) is 0 Å². The minimum Gasteiger partial charge on any atom is -0.346 e. The van der Waals surface area contributed by atoms with Gasteiger partial charge in [-0.05, 0) is 73.2 Å². The first-order valence-electron chi connectivity index (χ1n) is 11.5. The van der Waals surface area contributed by atoms with Crippen LogP contribution in [0.4, 0.5) is 0 Å². The lowest BCUT2D eigenvalue weighted by Gasteiger charge is -2.45. The number of pyridine rings is 1. The van der Waals surface area contributed by atoms with E-state index in [0.29, 0.717) is 17.3 Å². The Labute approximate surface area is 188 Å².